The van der Waals surface area contributed by atoms with Crippen LogP contribution in [0.3, 0.4) is 0 Å². The Morgan fingerprint density at radius 1 is 1.19 bits per heavy atom. The Labute approximate surface area is 180 Å². The number of aryl methyl sites for hydroxylation is 3. The number of hydrogen-bond donors (Lipinski definition) is 0. The predicted octanol–water partition coefficient (Wildman–Crippen LogP) is 4.52. The first-order valence-corrected chi connectivity index (χ1v) is 9.87. The van der Waals surface area contributed by atoms with Gasteiger partial charge < -0.3 is 4.57 Å². The Kier molecular flexibility index (Phi) is 6.16. The van der Waals surface area contributed by atoms with Crippen LogP contribution >= 0.6 is 0 Å². The van der Waals surface area contributed by atoms with Gasteiger partial charge in [-0.2, -0.15) is 5.26 Å². The molecule has 0 spiro atoms. The van der Waals surface area contributed by atoms with E-state index in [2.05, 4.69) is 11.1 Å². The summed E-state index contributed by atoms with van der Waals surface area (Å²) >= 11 is 0. The zero-order valence-corrected chi connectivity index (χ0v) is 17.9. The Bertz CT molecular complexity index is 1190. The first kappa shape index (κ1) is 21.7. The molecule has 1 aromatic carbocycles. The molecule has 0 bridgehead atoms. The summed E-state index contributed by atoms with van der Waals surface area (Å²) in [5.41, 5.74) is 3.99. The fourth-order valence-electron chi connectivity index (χ4n) is 3.60. The van der Waals surface area contributed by atoms with Crippen LogP contribution in [0.2, 0.25) is 0 Å². The van der Waals surface area contributed by atoms with Gasteiger partial charge in [0, 0.05) is 29.1 Å². The summed E-state index contributed by atoms with van der Waals surface area (Å²) in [6.45, 7) is 7.17. The van der Waals surface area contributed by atoms with E-state index >= 15 is 0 Å². The van der Waals surface area contributed by atoms with E-state index in [1.165, 1.54) is 4.90 Å². The SMILES string of the molecule is CCC(=O)N(Cc1ccc(-n2c(C)ccc2C#N)cc1)c1nc(C)cc(C)c1[N+](=O)[O-]. The number of carbonyl (C=O) groups is 1. The van der Waals surface area contributed by atoms with Gasteiger partial charge in [-0.1, -0.05) is 19.1 Å². The number of hydrogen-bond acceptors (Lipinski definition) is 5. The Morgan fingerprint density at radius 3 is 2.45 bits per heavy atom. The van der Waals surface area contributed by atoms with Crippen LogP contribution in [-0.2, 0) is 11.3 Å². The Morgan fingerprint density at radius 2 is 1.87 bits per heavy atom. The highest BCUT2D eigenvalue weighted by atomic mass is 16.6. The minimum Gasteiger partial charge on any atom is -0.306 e. The molecule has 8 heteroatoms. The molecule has 0 fully saturated rings. The van der Waals surface area contributed by atoms with Gasteiger partial charge >= 0.3 is 5.69 Å². The number of anilines is 1. The summed E-state index contributed by atoms with van der Waals surface area (Å²) in [5.74, 6) is -0.191. The van der Waals surface area contributed by atoms with Gasteiger partial charge in [0.15, 0.2) is 0 Å². The summed E-state index contributed by atoms with van der Waals surface area (Å²) in [6.07, 6.45) is 0.192. The zero-order valence-electron chi connectivity index (χ0n) is 17.9. The third-order valence-electron chi connectivity index (χ3n) is 5.06. The molecular formula is C23H23N5O3. The quantitative estimate of drug-likeness (QED) is 0.433. The largest absolute Gasteiger partial charge is 0.314 e. The summed E-state index contributed by atoms with van der Waals surface area (Å²) < 4.78 is 1.84. The van der Waals surface area contributed by atoms with E-state index < -0.39 is 4.92 Å². The van der Waals surface area contributed by atoms with Crippen molar-refractivity contribution in [3.8, 4) is 11.8 Å². The van der Waals surface area contributed by atoms with Crippen molar-refractivity contribution in [2.24, 2.45) is 0 Å². The van der Waals surface area contributed by atoms with E-state index in [1.54, 1.807) is 32.9 Å². The number of pyridine rings is 1. The lowest BCUT2D eigenvalue weighted by molar-refractivity contribution is -0.384. The maximum absolute atomic E-state index is 12.7. The monoisotopic (exact) mass is 417 g/mol. The van der Waals surface area contributed by atoms with Crippen molar-refractivity contribution < 1.29 is 9.72 Å². The predicted molar refractivity (Wildman–Crippen MR) is 117 cm³/mol. The van der Waals surface area contributed by atoms with Crippen molar-refractivity contribution in [2.45, 2.75) is 40.7 Å². The molecule has 0 radical (unpaired) electrons. The van der Waals surface area contributed by atoms with Crippen LogP contribution in [0.1, 0.15) is 41.6 Å². The molecule has 0 saturated heterocycles. The maximum Gasteiger partial charge on any atom is 0.314 e. The molecule has 2 heterocycles. The number of benzene rings is 1. The van der Waals surface area contributed by atoms with Gasteiger partial charge in [-0.3, -0.25) is 19.8 Å². The average Bonchev–Trinajstić information content (AvgIpc) is 3.11. The van der Waals surface area contributed by atoms with Crippen LogP contribution in [0, 0.1) is 42.2 Å². The first-order chi connectivity index (χ1) is 14.8. The van der Waals surface area contributed by atoms with Gasteiger partial charge in [0.25, 0.3) is 0 Å². The van der Waals surface area contributed by atoms with E-state index in [4.69, 9.17) is 0 Å². The van der Waals surface area contributed by atoms with E-state index in [-0.39, 0.29) is 30.4 Å². The standard InChI is InChI=1S/C23H23N5O3/c1-5-21(29)26(23-22(28(30)31)15(2)12-16(3)25-23)14-18-7-10-19(11-8-18)27-17(4)6-9-20(27)13-24/h6-12H,5,14H2,1-4H3. The fourth-order valence-corrected chi connectivity index (χ4v) is 3.60. The number of nitrogens with zero attached hydrogens (tertiary/aromatic N) is 5. The van der Waals surface area contributed by atoms with Crippen molar-refractivity contribution in [3.05, 3.63) is 80.8 Å². The number of rotatable bonds is 6. The zero-order chi connectivity index (χ0) is 22.7. The molecule has 8 nitrogen and oxygen atoms in total. The van der Waals surface area contributed by atoms with Gasteiger partial charge in [-0.05, 0) is 56.7 Å². The second kappa shape index (κ2) is 8.79. The number of nitro groups is 1. The first-order valence-electron chi connectivity index (χ1n) is 9.87. The maximum atomic E-state index is 12.7. The molecule has 0 aliphatic rings. The lowest BCUT2D eigenvalue weighted by Crippen LogP contribution is -2.31. The van der Waals surface area contributed by atoms with Crippen molar-refractivity contribution in [2.75, 3.05) is 4.90 Å². The van der Waals surface area contributed by atoms with Crippen LogP contribution in [0.5, 0.6) is 0 Å². The second-order valence-corrected chi connectivity index (χ2v) is 7.32. The fraction of sp³-hybridized carbons (Fsp3) is 0.261. The minimum absolute atomic E-state index is 0.0615. The molecule has 3 aromatic rings. The number of amides is 1. The molecule has 0 aliphatic carbocycles. The van der Waals surface area contributed by atoms with Gasteiger partial charge in [0.05, 0.1) is 11.5 Å². The molecule has 158 valence electrons. The van der Waals surface area contributed by atoms with Gasteiger partial charge in [-0.25, -0.2) is 4.98 Å². The van der Waals surface area contributed by atoms with Crippen LogP contribution in [0.4, 0.5) is 11.5 Å². The number of aromatic nitrogens is 2. The second-order valence-electron chi connectivity index (χ2n) is 7.32. The summed E-state index contributed by atoms with van der Waals surface area (Å²) in [7, 11) is 0. The van der Waals surface area contributed by atoms with Crippen molar-refractivity contribution in [1.29, 1.82) is 5.26 Å². The molecule has 0 N–H and O–H groups in total. The van der Waals surface area contributed by atoms with E-state index in [0.717, 1.165) is 16.9 Å². The number of nitriles is 1. The molecule has 0 aliphatic heterocycles. The lowest BCUT2D eigenvalue weighted by atomic mass is 10.1. The van der Waals surface area contributed by atoms with Crippen molar-refractivity contribution in [1.82, 2.24) is 9.55 Å². The highest BCUT2D eigenvalue weighted by Crippen LogP contribution is 2.32. The van der Waals surface area contributed by atoms with Gasteiger partial charge in [0.2, 0.25) is 11.7 Å². The number of carbonyl (C=O) groups excluding carboxylic acids is 1. The third-order valence-corrected chi connectivity index (χ3v) is 5.06. The molecule has 2 aromatic heterocycles. The summed E-state index contributed by atoms with van der Waals surface area (Å²) in [5, 5.41) is 21.0. The van der Waals surface area contributed by atoms with Crippen LogP contribution < -0.4 is 4.90 Å². The smallest absolute Gasteiger partial charge is 0.306 e. The Hall–Kier alpha value is -3.99. The molecule has 3 rings (SSSR count). The van der Waals surface area contributed by atoms with Crippen LogP contribution in [-0.4, -0.2) is 20.4 Å². The molecule has 1 amide bonds. The van der Waals surface area contributed by atoms with E-state index in [9.17, 15) is 20.2 Å². The molecule has 31 heavy (non-hydrogen) atoms. The third kappa shape index (κ3) is 4.31. The molecular weight excluding hydrogens is 394 g/mol. The van der Waals surface area contributed by atoms with Crippen LogP contribution in [0.25, 0.3) is 5.69 Å². The average molecular weight is 417 g/mol. The summed E-state index contributed by atoms with van der Waals surface area (Å²) in [6, 6.07) is 14.9. The highest BCUT2D eigenvalue weighted by Gasteiger charge is 2.28. The van der Waals surface area contributed by atoms with Gasteiger partial charge in [0.1, 0.15) is 11.8 Å². The molecule has 0 saturated carbocycles. The highest BCUT2D eigenvalue weighted by molar-refractivity contribution is 5.94. The minimum atomic E-state index is -0.492. The normalized spacial score (nSPS) is 10.5. The summed E-state index contributed by atoms with van der Waals surface area (Å²) in [4.78, 5) is 29.6. The van der Waals surface area contributed by atoms with Gasteiger partial charge in [-0.15, -0.1) is 0 Å². The Balaban J connectivity index is 2.01. The molecule has 0 atom stereocenters. The lowest BCUT2D eigenvalue weighted by Gasteiger charge is -2.22. The van der Waals surface area contributed by atoms with E-state index in [1.807, 2.05) is 41.8 Å². The molecule has 0 unspecified atom stereocenters. The van der Waals surface area contributed by atoms with Crippen molar-refractivity contribution >= 4 is 17.4 Å². The topological polar surface area (TPSA) is 105 Å². The van der Waals surface area contributed by atoms with Crippen molar-refractivity contribution in [3.63, 3.8) is 0 Å². The van der Waals surface area contributed by atoms with Crippen LogP contribution in [0.15, 0.2) is 42.5 Å². The van der Waals surface area contributed by atoms with E-state index in [0.29, 0.717) is 17.0 Å².